The van der Waals surface area contributed by atoms with Crippen LogP contribution < -0.4 is 10.1 Å². The summed E-state index contributed by atoms with van der Waals surface area (Å²) >= 11 is 6.23. The SMILES string of the molecule is O=C(NCCOc1cccc2ccccc12)c1ccc(Cl)c(S(=O)(=O)N2CCCCCC2)c1. The van der Waals surface area contributed by atoms with E-state index < -0.39 is 10.0 Å². The number of ether oxygens (including phenoxy) is 1. The highest BCUT2D eigenvalue weighted by Crippen LogP contribution is 2.28. The van der Waals surface area contributed by atoms with Gasteiger partial charge in [0.25, 0.3) is 5.91 Å². The van der Waals surface area contributed by atoms with E-state index in [0.717, 1.165) is 42.2 Å². The molecule has 0 spiro atoms. The summed E-state index contributed by atoms with van der Waals surface area (Å²) in [5.41, 5.74) is 0.248. The second-order valence-electron chi connectivity index (χ2n) is 8.05. The molecule has 0 aliphatic carbocycles. The molecule has 3 aromatic rings. The lowest BCUT2D eigenvalue weighted by atomic mass is 10.1. The number of hydrogen-bond acceptors (Lipinski definition) is 4. The first kappa shape index (κ1) is 23.5. The number of carbonyl (C=O) groups is 1. The summed E-state index contributed by atoms with van der Waals surface area (Å²) in [7, 11) is -3.76. The van der Waals surface area contributed by atoms with Crippen LogP contribution in [0.15, 0.2) is 65.6 Å². The standard InChI is InChI=1S/C25H27ClN2O4S/c26-22-13-12-20(18-24(22)33(30,31)28-15-5-1-2-6-16-28)25(29)27-14-17-32-23-11-7-9-19-8-3-4-10-21(19)23/h3-4,7-13,18H,1-2,5-6,14-17H2,(H,27,29). The van der Waals surface area contributed by atoms with Gasteiger partial charge in [-0.25, -0.2) is 8.42 Å². The van der Waals surface area contributed by atoms with Crippen molar-refractivity contribution in [3.05, 3.63) is 71.2 Å². The normalized spacial score (nSPS) is 15.2. The number of nitrogens with zero attached hydrogens (tertiary/aromatic N) is 1. The fraction of sp³-hybridized carbons (Fsp3) is 0.320. The number of benzene rings is 3. The van der Waals surface area contributed by atoms with Gasteiger partial charge < -0.3 is 10.1 Å². The van der Waals surface area contributed by atoms with E-state index in [-0.39, 0.29) is 34.5 Å². The minimum Gasteiger partial charge on any atom is -0.491 e. The Morgan fingerprint density at radius 1 is 0.970 bits per heavy atom. The third-order valence-electron chi connectivity index (χ3n) is 5.77. The molecular weight excluding hydrogens is 460 g/mol. The number of hydrogen-bond donors (Lipinski definition) is 1. The van der Waals surface area contributed by atoms with Gasteiger partial charge in [-0.2, -0.15) is 4.31 Å². The maximum Gasteiger partial charge on any atom is 0.251 e. The van der Waals surface area contributed by atoms with Gasteiger partial charge in [0.1, 0.15) is 17.3 Å². The molecule has 0 unspecified atom stereocenters. The second kappa shape index (κ2) is 10.5. The van der Waals surface area contributed by atoms with Crippen LogP contribution in [0.3, 0.4) is 0 Å². The van der Waals surface area contributed by atoms with Crippen LogP contribution in [0.5, 0.6) is 5.75 Å². The lowest BCUT2D eigenvalue weighted by molar-refractivity contribution is 0.0947. The second-order valence-corrected chi connectivity index (χ2v) is 10.4. The van der Waals surface area contributed by atoms with E-state index in [0.29, 0.717) is 13.1 Å². The quantitative estimate of drug-likeness (QED) is 0.483. The predicted octanol–water partition coefficient (Wildman–Crippen LogP) is 4.87. The Hall–Kier alpha value is -2.61. The summed E-state index contributed by atoms with van der Waals surface area (Å²) in [6, 6.07) is 18.1. The monoisotopic (exact) mass is 486 g/mol. The topological polar surface area (TPSA) is 75.7 Å². The minimum atomic E-state index is -3.76. The van der Waals surface area contributed by atoms with Gasteiger partial charge in [0, 0.05) is 24.0 Å². The summed E-state index contributed by atoms with van der Waals surface area (Å²) in [4.78, 5) is 12.6. The largest absolute Gasteiger partial charge is 0.491 e. The molecule has 1 aliphatic rings. The molecule has 174 valence electrons. The zero-order chi connectivity index (χ0) is 23.3. The Balaban J connectivity index is 1.40. The molecule has 1 saturated heterocycles. The van der Waals surface area contributed by atoms with Crippen LogP contribution in [-0.4, -0.2) is 44.9 Å². The van der Waals surface area contributed by atoms with Crippen LogP contribution in [0.1, 0.15) is 36.0 Å². The van der Waals surface area contributed by atoms with Crippen LogP contribution in [0.4, 0.5) is 0 Å². The van der Waals surface area contributed by atoms with Gasteiger partial charge in [-0.05, 0) is 42.5 Å². The Morgan fingerprint density at radius 3 is 2.48 bits per heavy atom. The highest BCUT2D eigenvalue weighted by atomic mass is 35.5. The van der Waals surface area contributed by atoms with Gasteiger partial charge in [-0.15, -0.1) is 0 Å². The summed E-state index contributed by atoms with van der Waals surface area (Å²) < 4.78 is 33.6. The first-order valence-electron chi connectivity index (χ1n) is 11.2. The lowest BCUT2D eigenvalue weighted by Gasteiger charge is -2.21. The third-order valence-corrected chi connectivity index (χ3v) is 8.15. The Bertz CT molecular complexity index is 1230. The van der Waals surface area contributed by atoms with E-state index in [1.165, 1.54) is 22.5 Å². The number of carbonyl (C=O) groups excluding carboxylic acids is 1. The van der Waals surface area contributed by atoms with Crippen molar-refractivity contribution < 1.29 is 17.9 Å². The molecule has 33 heavy (non-hydrogen) atoms. The Labute approximate surface area is 199 Å². The van der Waals surface area contributed by atoms with E-state index in [9.17, 15) is 13.2 Å². The van der Waals surface area contributed by atoms with Crippen molar-refractivity contribution in [2.45, 2.75) is 30.6 Å². The van der Waals surface area contributed by atoms with Gasteiger partial charge in [0.2, 0.25) is 10.0 Å². The van der Waals surface area contributed by atoms with E-state index >= 15 is 0 Å². The Morgan fingerprint density at radius 2 is 1.70 bits per heavy atom. The van der Waals surface area contributed by atoms with Crippen LogP contribution in [0, 0.1) is 0 Å². The third kappa shape index (κ3) is 5.49. The summed E-state index contributed by atoms with van der Waals surface area (Å²) in [5, 5.41) is 5.00. The lowest BCUT2D eigenvalue weighted by Crippen LogP contribution is -2.32. The fourth-order valence-electron chi connectivity index (χ4n) is 4.01. The molecule has 3 aromatic carbocycles. The molecule has 0 bridgehead atoms. The zero-order valence-electron chi connectivity index (χ0n) is 18.3. The van der Waals surface area contributed by atoms with Gasteiger partial charge in [0.05, 0.1) is 11.6 Å². The first-order chi connectivity index (χ1) is 16.0. The number of rotatable bonds is 7. The van der Waals surface area contributed by atoms with Crippen molar-refractivity contribution in [3.63, 3.8) is 0 Å². The fourth-order valence-corrected chi connectivity index (χ4v) is 6.03. The highest BCUT2D eigenvalue weighted by molar-refractivity contribution is 7.89. The van der Waals surface area contributed by atoms with Crippen LogP contribution in [0.25, 0.3) is 10.8 Å². The number of sulfonamides is 1. The van der Waals surface area contributed by atoms with Gasteiger partial charge in [0.15, 0.2) is 0 Å². The summed E-state index contributed by atoms with van der Waals surface area (Å²) in [6.45, 7) is 1.51. The van der Waals surface area contributed by atoms with Crippen molar-refractivity contribution in [1.29, 1.82) is 0 Å². The van der Waals surface area contributed by atoms with Gasteiger partial charge >= 0.3 is 0 Å². The van der Waals surface area contributed by atoms with E-state index in [2.05, 4.69) is 5.32 Å². The maximum absolute atomic E-state index is 13.1. The molecule has 0 saturated carbocycles. The number of halogens is 1. The molecule has 1 fully saturated rings. The summed E-state index contributed by atoms with van der Waals surface area (Å²) in [5.74, 6) is 0.375. The molecule has 1 aliphatic heterocycles. The average Bonchev–Trinajstić information content (AvgIpc) is 3.12. The van der Waals surface area contributed by atoms with Gasteiger partial charge in [-0.1, -0.05) is 60.8 Å². The predicted molar refractivity (Wildman–Crippen MR) is 130 cm³/mol. The number of fused-ring (bicyclic) bond motifs is 1. The maximum atomic E-state index is 13.1. The smallest absolute Gasteiger partial charge is 0.251 e. The molecule has 0 aromatic heterocycles. The number of amides is 1. The van der Waals surface area contributed by atoms with E-state index in [4.69, 9.17) is 16.3 Å². The molecule has 0 atom stereocenters. The molecule has 0 radical (unpaired) electrons. The molecule has 1 heterocycles. The van der Waals surface area contributed by atoms with Crippen LogP contribution in [0.2, 0.25) is 5.02 Å². The van der Waals surface area contributed by atoms with E-state index in [1.54, 1.807) is 0 Å². The molecule has 1 amide bonds. The molecule has 4 rings (SSSR count). The van der Waals surface area contributed by atoms with Crippen LogP contribution >= 0.6 is 11.6 Å². The van der Waals surface area contributed by atoms with Crippen molar-refractivity contribution in [2.24, 2.45) is 0 Å². The van der Waals surface area contributed by atoms with E-state index in [1.807, 2.05) is 42.5 Å². The van der Waals surface area contributed by atoms with Crippen LogP contribution in [-0.2, 0) is 10.0 Å². The van der Waals surface area contributed by atoms with Gasteiger partial charge in [-0.3, -0.25) is 4.79 Å². The molecule has 1 N–H and O–H groups in total. The van der Waals surface area contributed by atoms with Crippen molar-refractivity contribution in [2.75, 3.05) is 26.2 Å². The van der Waals surface area contributed by atoms with Crippen molar-refractivity contribution >= 4 is 38.3 Å². The number of nitrogens with one attached hydrogen (secondary N) is 1. The average molecular weight is 487 g/mol. The highest BCUT2D eigenvalue weighted by Gasteiger charge is 2.28. The first-order valence-corrected chi connectivity index (χ1v) is 13.0. The molecule has 6 nitrogen and oxygen atoms in total. The molecular formula is C25H27ClN2O4S. The molecule has 8 heteroatoms. The van der Waals surface area contributed by atoms with Crippen molar-refractivity contribution in [3.8, 4) is 5.75 Å². The Kier molecular flexibility index (Phi) is 7.53. The zero-order valence-corrected chi connectivity index (χ0v) is 19.9. The summed E-state index contributed by atoms with van der Waals surface area (Å²) in [6.07, 6.45) is 3.69. The van der Waals surface area contributed by atoms with Crippen molar-refractivity contribution in [1.82, 2.24) is 9.62 Å². The minimum absolute atomic E-state index is 0.0225.